The fraction of sp³-hybridized carbons (Fsp3) is 0.250. The molecule has 3 rings (SSSR count). The molecule has 0 radical (unpaired) electrons. The molecule has 0 spiro atoms. The maximum Gasteiger partial charge on any atom is 0.152 e. The van der Waals surface area contributed by atoms with Gasteiger partial charge in [-0.05, 0) is 38.1 Å². The first kappa shape index (κ1) is 13.6. The van der Waals surface area contributed by atoms with Gasteiger partial charge < -0.3 is 9.73 Å². The van der Waals surface area contributed by atoms with Gasteiger partial charge >= 0.3 is 0 Å². The number of aromatic amines is 1. The van der Waals surface area contributed by atoms with Crippen molar-refractivity contribution in [3.05, 3.63) is 59.2 Å². The maximum atomic E-state index is 5.64. The van der Waals surface area contributed by atoms with E-state index in [9.17, 15) is 0 Å². The minimum atomic E-state index is 0.710. The van der Waals surface area contributed by atoms with Crippen molar-refractivity contribution in [3.8, 4) is 11.5 Å². The van der Waals surface area contributed by atoms with Gasteiger partial charge in [-0.25, -0.2) is 0 Å². The predicted octanol–water partition coefficient (Wildman–Crippen LogP) is 2.97. The molecule has 0 aliphatic rings. The lowest BCUT2D eigenvalue weighted by Crippen LogP contribution is -2.14. The highest BCUT2D eigenvalue weighted by Gasteiger charge is 2.10. The molecule has 0 saturated heterocycles. The monoisotopic (exact) mass is 282 g/mol. The Morgan fingerprint density at radius 3 is 2.81 bits per heavy atom. The predicted molar refractivity (Wildman–Crippen MR) is 80.5 cm³/mol. The van der Waals surface area contributed by atoms with Gasteiger partial charge in [-0.2, -0.15) is 5.10 Å². The summed E-state index contributed by atoms with van der Waals surface area (Å²) in [5, 5.41) is 10.5. The van der Waals surface area contributed by atoms with E-state index in [1.54, 1.807) is 0 Å². The van der Waals surface area contributed by atoms with Crippen LogP contribution in [0.1, 0.15) is 22.7 Å². The van der Waals surface area contributed by atoms with Gasteiger partial charge in [-0.3, -0.25) is 10.1 Å². The Labute approximate surface area is 123 Å². The first-order chi connectivity index (χ1) is 10.2. The molecule has 108 valence electrons. The molecule has 3 aromatic rings. The number of H-pyrrole nitrogens is 1. The van der Waals surface area contributed by atoms with Gasteiger partial charge in [0.15, 0.2) is 5.76 Å². The van der Waals surface area contributed by atoms with Crippen LogP contribution in [0.5, 0.6) is 0 Å². The van der Waals surface area contributed by atoms with Crippen molar-refractivity contribution in [2.75, 3.05) is 0 Å². The molecule has 0 saturated carbocycles. The van der Waals surface area contributed by atoms with E-state index in [1.165, 1.54) is 0 Å². The van der Waals surface area contributed by atoms with Gasteiger partial charge in [-0.1, -0.05) is 6.07 Å². The smallest absolute Gasteiger partial charge is 0.152 e. The van der Waals surface area contributed by atoms with Gasteiger partial charge in [0.2, 0.25) is 0 Å². The molecule has 0 amide bonds. The number of nitrogens with one attached hydrogen (secondary N) is 2. The Morgan fingerprint density at radius 2 is 2.05 bits per heavy atom. The first-order valence-electron chi connectivity index (χ1n) is 6.94. The van der Waals surface area contributed by atoms with E-state index < -0.39 is 0 Å². The molecule has 0 fully saturated rings. The zero-order valence-electron chi connectivity index (χ0n) is 12.2. The fourth-order valence-electron chi connectivity index (χ4n) is 2.25. The van der Waals surface area contributed by atoms with Crippen LogP contribution in [-0.2, 0) is 13.1 Å². The lowest BCUT2D eigenvalue weighted by Gasteiger charge is -2.05. The summed E-state index contributed by atoms with van der Waals surface area (Å²) in [4.78, 5) is 4.47. The van der Waals surface area contributed by atoms with Crippen LogP contribution in [0.15, 0.2) is 40.9 Å². The topological polar surface area (TPSA) is 66.7 Å². The van der Waals surface area contributed by atoms with E-state index in [0.29, 0.717) is 6.54 Å². The van der Waals surface area contributed by atoms with E-state index in [-0.39, 0.29) is 0 Å². The van der Waals surface area contributed by atoms with Crippen LogP contribution in [-0.4, -0.2) is 15.2 Å². The molecule has 0 aromatic carbocycles. The van der Waals surface area contributed by atoms with Crippen molar-refractivity contribution in [3.63, 3.8) is 0 Å². The number of hydrogen-bond acceptors (Lipinski definition) is 4. The zero-order chi connectivity index (χ0) is 14.7. The van der Waals surface area contributed by atoms with Gasteiger partial charge in [0.05, 0.1) is 11.9 Å². The van der Waals surface area contributed by atoms with E-state index in [1.807, 2.05) is 50.4 Å². The zero-order valence-corrected chi connectivity index (χ0v) is 12.2. The molecular formula is C16H18N4O. The van der Waals surface area contributed by atoms with Crippen molar-refractivity contribution in [2.45, 2.75) is 26.9 Å². The molecule has 21 heavy (non-hydrogen) atoms. The number of nitrogens with zero attached hydrogens (tertiary/aromatic N) is 2. The highest BCUT2D eigenvalue weighted by molar-refractivity contribution is 5.56. The molecule has 0 bridgehead atoms. The van der Waals surface area contributed by atoms with Crippen LogP contribution >= 0.6 is 0 Å². The average Bonchev–Trinajstić information content (AvgIpc) is 3.07. The summed E-state index contributed by atoms with van der Waals surface area (Å²) in [6.45, 7) is 5.36. The standard InChI is InChI=1S/C16H18N4O/c1-11-4-3-5-14(19-11)10-17-8-13-9-18-20-16(13)15-7-6-12(2)21-15/h3-7,9,17H,8,10H2,1-2H3,(H,18,20). The van der Waals surface area contributed by atoms with Crippen LogP contribution < -0.4 is 5.32 Å². The second-order valence-corrected chi connectivity index (χ2v) is 5.05. The molecule has 3 heterocycles. The number of rotatable bonds is 5. The van der Waals surface area contributed by atoms with Crippen molar-refractivity contribution in [1.29, 1.82) is 0 Å². The Morgan fingerprint density at radius 1 is 1.14 bits per heavy atom. The van der Waals surface area contributed by atoms with Crippen molar-refractivity contribution >= 4 is 0 Å². The Kier molecular flexibility index (Phi) is 3.83. The van der Waals surface area contributed by atoms with E-state index >= 15 is 0 Å². The molecule has 0 atom stereocenters. The van der Waals surface area contributed by atoms with Gasteiger partial charge in [0, 0.05) is 24.3 Å². The number of furan rings is 1. The molecule has 2 N–H and O–H groups in total. The Hall–Kier alpha value is -2.40. The average molecular weight is 282 g/mol. The first-order valence-corrected chi connectivity index (χ1v) is 6.94. The van der Waals surface area contributed by atoms with Crippen LogP contribution in [0.3, 0.4) is 0 Å². The summed E-state index contributed by atoms with van der Waals surface area (Å²) < 4.78 is 5.64. The quantitative estimate of drug-likeness (QED) is 0.755. The largest absolute Gasteiger partial charge is 0.460 e. The maximum absolute atomic E-state index is 5.64. The van der Waals surface area contributed by atoms with E-state index in [0.717, 1.165) is 40.7 Å². The second kappa shape index (κ2) is 5.93. The third-order valence-corrected chi connectivity index (χ3v) is 3.27. The van der Waals surface area contributed by atoms with Gasteiger partial charge in [0.25, 0.3) is 0 Å². The van der Waals surface area contributed by atoms with Gasteiger partial charge in [0.1, 0.15) is 11.5 Å². The van der Waals surface area contributed by atoms with Crippen molar-refractivity contribution in [2.24, 2.45) is 0 Å². The van der Waals surface area contributed by atoms with Crippen molar-refractivity contribution < 1.29 is 4.42 Å². The van der Waals surface area contributed by atoms with Crippen LogP contribution in [0.2, 0.25) is 0 Å². The molecule has 0 aliphatic carbocycles. The Balaban J connectivity index is 1.65. The highest BCUT2D eigenvalue weighted by atomic mass is 16.3. The summed E-state index contributed by atoms with van der Waals surface area (Å²) in [5.41, 5.74) is 4.07. The number of aromatic nitrogens is 3. The minimum Gasteiger partial charge on any atom is -0.460 e. The van der Waals surface area contributed by atoms with Crippen LogP contribution in [0, 0.1) is 13.8 Å². The molecule has 0 unspecified atom stereocenters. The number of aryl methyl sites for hydroxylation is 2. The molecule has 0 aliphatic heterocycles. The summed E-state index contributed by atoms with van der Waals surface area (Å²) in [7, 11) is 0. The van der Waals surface area contributed by atoms with E-state index in [4.69, 9.17) is 4.42 Å². The lowest BCUT2D eigenvalue weighted by molar-refractivity contribution is 0.545. The van der Waals surface area contributed by atoms with Crippen LogP contribution in [0.25, 0.3) is 11.5 Å². The fourth-order valence-corrected chi connectivity index (χ4v) is 2.25. The summed E-state index contributed by atoms with van der Waals surface area (Å²) in [5.74, 6) is 1.71. The molecule has 5 nitrogen and oxygen atoms in total. The minimum absolute atomic E-state index is 0.710. The summed E-state index contributed by atoms with van der Waals surface area (Å²) in [6.07, 6.45) is 1.82. The third-order valence-electron chi connectivity index (χ3n) is 3.27. The normalized spacial score (nSPS) is 11.0. The molecule has 5 heteroatoms. The summed E-state index contributed by atoms with van der Waals surface area (Å²) >= 11 is 0. The lowest BCUT2D eigenvalue weighted by atomic mass is 10.2. The number of pyridine rings is 1. The second-order valence-electron chi connectivity index (χ2n) is 5.05. The van der Waals surface area contributed by atoms with Crippen LogP contribution in [0.4, 0.5) is 0 Å². The molecular weight excluding hydrogens is 264 g/mol. The molecule has 3 aromatic heterocycles. The highest BCUT2D eigenvalue weighted by Crippen LogP contribution is 2.23. The van der Waals surface area contributed by atoms with Gasteiger partial charge in [-0.15, -0.1) is 0 Å². The summed E-state index contributed by atoms with van der Waals surface area (Å²) in [6, 6.07) is 9.94. The van der Waals surface area contributed by atoms with E-state index in [2.05, 4.69) is 20.5 Å². The third kappa shape index (κ3) is 3.20. The van der Waals surface area contributed by atoms with Crippen molar-refractivity contribution in [1.82, 2.24) is 20.5 Å². The number of hydrogen-bond donors (Lipinski definition) is 2. The SMILES string of the molecule is Cc1cccc(CNCc2cn[nH]c2-c2ccc(C)o2)n1. The Bertz CT molecular complexity index is 729.